The van der Waals surface area contributed by atoms with Crippen LogP contribution in [0.5, 0.6) is 0 Å². The molecule has 0 unspecified atom stereocenters. The Morgan fingerprint density at radius 3 is 2.43 bits per heavy atom. The monoisotopic (exact) mass is 200 g/mol. The fraction of sp³-hybridized carbons (Fsp3) is 0.625. The van der Waals surface area contributed by atoms with Crippen LogP contribution in [0.4, 0.5) is 11.5 Å². The molecule has 1 rings (SSSR count). The molecular weight excluding hydrogens is 184 g/mol. The topological polar surface area (TPSA) is 110 Å². The Balaban J connectivity index is 2.49. The average molecular weight is 200 g/mol. The van der Waals surface area contributed by atoms with Crippen molar-refractivity contribution in [2.75, 3.05) is 24.7 Å². The summed E-state index contributed by atoms with van der Waals surface area (Å²) in [5.74, 6) is 0.305. The Hall–Kier alpha value is -1.27. The molecule has 1 aromatic heterocycles. The van der Waals surface area contributed by atoms with E-state index in [0.29, 0.717) is 24.5 Å². The smallest absolute Gasteiger partial charge is 0.145 e. The van der Waals surface area contributed by atoms with Gasteiger partial charge in [0, 0.05) is 25.7 Å². The van der Waals surface area contributed by atoms with Crippen molar-refractivity contribution in [3.63, 3.8) is 0 Å². The predicted molar refractivity (Wildman–Crippen MR) is 53.3 cm³/mol. The van der Waals surface area contributed by atoms with Crippen molar-refractivity contribution in [2.24, 2.45) is 5.92 Å². The van der Waals surface area contributed by atoms with Crippen molar-refractivity contribution in [1.82, 2.24) is 9.78 Å². The molecule has 0 fully saturated rings. The molecule has 0 radical (unpaired) electrons. The third-order valence-corrected chi connectivity index (χ3v) is 2.18. The van der Waals surface area contributed by atoms with Gasteiger partial charge in [-0.25, -0.2) is 4.68 Å². The van der Waals surface area contributed by atoms with Crippen LogP contribution in [-0.4, -0.2) is 33.2 Å². The van der Waals surface area contributed by atoms with Gasteiger partial charge < -0.3 is 21.7 Å². The molecule has 1 heterocycles. The summed E-state index contributed by atoms with van der Waals surface area (Å²) in [6, 6.07) is 0. The lowest BCUT2D eigenvalue weighted by molar-refractivity contribution is 0.139. The number of anilines is 2. The van der Waals surface area contributed by atoms with E-state index in [2.05, 4.69) is 5.10 Å². The summed E-state index contributed by atoms with van der Waals surface area (Å²) >= 11 is 0. The van der Waals surface area contributed by atoms with Crippen LogP contribution in [0.2, 0.25) is 0 Å². The van der Waals surface area contributed by atoms with E-state index < -0.39 is 0 Å². The van der Waals surface area contributed by atoms with Crippen LogP contribution >= 0.6 is 0 Å². The second-order valence-corrected chi connectivity index (χ2v) is 3.23. The highest BCUT2D eigenvalue weighted by atomic mass is 16.3. The highest BCUT2D eigenvalue weighted by Crippen LogP contribution is 2.14. The first-order valence-electron chi connectivity index (χ1n) is 4.47. The molecule has 0 amide bonds. The molecule has 14 heavy (non-hydrogen) atoms. The summed E-state index contributed by atoms with van der Waals surface area (Å²) in [6.45, 7) is 0.481. The minimum atomic E-state index is -0.125. The van der Waals surface area contributed by atoms with Gasteiger partial charge in [-0.15, -0.1) is 0 Å². The standard InChI is InChI=1S/C8H16N4O2/c9-7-3-11-12(8(7)10)2-1-6(4-13)5-14/h3,6,13-14H,1-2,4-5,9-10H2. The van der Waals surface area contributed by atoms with Gasteiger partial charge in [0.25, 0.3) is 0 Å². The van der Waals surface area contributed by atoms with Crippen molar-refractivity contribution in [2.45, 2.75) is 13.0 Å². The quantitative estimate of drug-likeness (QED) is 0.489. The summed E-state index contributed by atoms with van der Waals surface area (Å²) in [5, 5.41) is 21.6. The summed E-state index contributed by atoms with van der Waals surface area (Å²) in [5.41, 5.74) is 11.6. The van der Waals surface area contributed by atoms with Gasteiger partial charge in [-0.3, -0.25) is 0 Å². The van der Waals surface area contributed by atoms with Crippen LogP contribution in [0.15, 0.2) is 6.20 Å². The Morgan fingerprint density at radius 1 is 1.36 bits per heavy atom. The van der Waals surface area contributed by atoms with Gasteiger partial charge in [0.05, 0.1) is 11.9 Å². The normalized spacial score (nSPS) is 11.1. The molecule has 0 saturated heterocycles. The zero-order chi connectivity index (χ0) is 10.6. The SMILES string of the molecule is Nc1cnn(CCC(CO)CO)c1N. The number of aliphatic hydroxyl groups is 2. The Morgan fingerprint density at radius 2 is 2.00 bits per heavy atom. The predicted octanol–water partition coefficient (Wildman–Crippen LogP) is -0.962. The minimum Gasteiger partial charge on any atom is -0.396 e. The maximum Gasteiger partial charge on any atom is 0.145 e. The second-order valence-electron chi connectivity index (χ2n) is 3.23. The molecule has 0 spiro atoms. The third kappa shape index (κ3) is 2.36. The fourth-order valence-electron chi connectivity index (χ4n) is 1.13. The van der Waals surface area contributed by atoms with Crippen molar-refractivity contribution < 1.29 is 10.2 Å². The number of nitrogens with zero attached hydrogens (tertiary/aromatic N) is 2. The molecule has 6 N–H and O–H groups in total. The van der Waals surface area contributed by atoms with Crippen LogP contribution in [0, 0.1) is 5.92 Å². The first-order chi connectivity index (χ1) is 6.69. The molecule has 6 heteroatoms. The summed E-state index contributed by atoms with van der Waals surface area (Å²) in [7, 11) is 0. The van der Waals surface area contributed by atoms with Gasteiger partial charge in [0.2, 0.25) is 0 Å². The van der Waals surface area contributed by atoms with Gasteiger partial charge >= 0.3 is 0 Å². The van der Waals surface area contributed by atoms with E-state index in [9.17, 15) is 0 Å². The van der Waals surface area contributed by atoms with Crippen molar-refractivity contribution in [3.8, 4) is 0 Å². The van der Waals surface area contributed by atoms with Crippen molar-refractivity contribution >= 4 is 11.5 Å². The van der Waals surface area contributed by atoms with Crippen LogP contribution in [0.1, 0.15) is 6.42 Å². The van der Waals surface area contributed by atoms with Gasteiger partial charge in [-0.1, -0.05) is 0 Å². The van der Waals surface area contributed by atoms with Crippen LogP contribution < -0.4 is 11.5 Å². The molecule has 0 aliphatic carbocycles. The third-order valence-electron chi connectivity index (χ3n) is 2.18. The zero-order valence-electron chi connectivity index (χ0n) is 7.93. The Kier molecular flexibility index (Phi) is 3.73. The largest absolute Gasteiger partial charge is 0.396 e. The molecule has 80 valence electrons. The minimum absolute atomic E-state index is 0.0346. The first-order valence-corrected chi connectivity index (χ1v) is 4.47. The highest BCUT2D eigenvalue weighted by molar-refractivity contribution is 5.56. The summed E-state index contributed by atoms with van der Waals surface area (Å²) in [4.78, 5) is 0. The molecular formula is C8H16N4O2. The van der Waals surface area contributed by atoms with Crippen molar-refractivity contribution in [3.05, 3.63) is 6.20 Å². The van der Waals surface area contributed by atoms with E-state index in [1.165, 1.54) is 6.20 Å². The average Bonchev–Trinajstić information content (AvgIpc) is 2.51. The summed E-state index contributed by atoms with van der Waals surface area (Å²) in [6.07, 6.45) is 2.11. The number of aromatic nitrogens is 2. The van der Waals surface area contributed by atoms with Crippen molar-refractivity contribution in [1.29, 1.82) is 0 Å². The molecule has 0 aliphatic rings. The van der Waals surface area contributed by atoms with E-state index in [-0.39, 0.29) is 19.1 Å². The van der Waals surface area contributed by atoms with E-state index in [0.717, 1.165) is 0 Å². The van der Waals surface area contributed by atoms with E-state index in [4.69, 9.17) is 21.7 Å². The maximum atomic E-state index is 8.83. The number of hydrogen-bond donors (Lipinski definition) is 4. The zero-order valence-corrected chi connectivity index (χ0v) is 7.93. The Labute approximate surface area is 82.1 Å². The lowest BCUT2D eigenvalue weighted by Crippen LogP contribution is -2.15. The Bertz CT molecular complexity index is 283. The molecule has 0 aromatic carbocycles. The van der Waals surface area contributed by atoms with Gasteiger partial charge in [0.15, 0.2) is 0 Å². The highest BCUT2D eigenvalue weighted by Gasteiger charge is 2.08. The van der Waals surface area contributed by atoms with Gasteiger partial charge in [0.1, 0.15) is 5.82 Å². The molecule has 1 aromatic rings. The first kappa shape index (κ1) is 10.8. The lowest BCUT2D eigenvalue weighted by atomic mass is 10.1. The number of aryl methyl sites for hydroxylation is 1. The van der Waals surface area contributed by atoms with Crippen LogP contribution in [0.3, 0.4) is 0 Å². The summed E-state index contributed by atoms with van der Waals surface area (Å²) < 4.78 is 1.56. The number of nitrogens with two attached hydrogens (primary N) is 2. The van der Waals surface area contributed by atoms with E-state index >= 15 is 0 Å². The van der Waals surface area contributed by atoms with Gasteiger partial charge in [-0.05, 0) is 6.42 Å². The number of nitrogen functional groups attached to an aromatic ring is 2. The van der Waals surface area contributed by atoms with Gasteiger partial charge in [-0.2, -0.15) is 5.10 Å². The van der Waals surface area contributed by atoms with E-state index in [1.54, 1.807) is 4.68 Å². The van der Waals surface area contributed by atoms with Crippen LogP contribution in [-0.2, 0) is 6.54 Å². The lowest BCUT2D eigenvalue weighted by Gasteiger charge is -2.10. The molecule has 0 saturated carbocycles. The van der Waals surface area contributed by atoms with Crippen LogP contribution in [0.25, 0.3) is 0 Å². The number of hydrogen-bond acceptors (Lipinski definition) is 5. The number of aliphatic hydroxyl groups excluding tert-OH is 2. The maximum absolute atomic E-state index is 8.83. The fourth-order valence-corrected chi connectivity index (χ4v) is 1.13. The second kappa shape index (κ2) is 4.83. The molecule has 0 bridgehead atoms. The molecule has 0 aliphatic heterocycles. The molecule has 6 nitrogen and oxygen atoms in total. The molecule has 0 atom stereocenters. The van der Waals surface area contributed by atoms with E-state index in [1.807, 2.05) is 0 Å². The number of rotatable bonds is 5.